The molecule has 2 aliphatic rings. The quantitative estimate of drug-likeness (QED) is 0.331. The normalized spacial score (nSPS) is 19.9. The second-order valence-electron chi connectivity index (χ2n) is 9.42. The standard InChI is InChI=1S/C28H29N2S2.HI/c1-28(2)18-20(10-9-15-26-29(3)22-11-5-7-13-24(22)31-26)16-21(19-28)17-27-30(4)23-12-6-8-14-25(23)32-27;/h5-17H,18-19H2,1-4H3;1H/q+1;/p-1. The van der Waals surface area contributed by atoms with Crippen LogP contribution in [0.15, 0.2) is 93.9 Å². The van der Waals surface area contributed by atoms with Crippen molar-refractivity contribution in [3.05, 3.63) is 94.0 Å². The number of para-hydroxylation sites is 2. The molecule has 5 heteroatoms. The van der Waals surface area contributed by atoms with Crippen molar-refractivity contribution >= 4 is 45.1 Å². The highest BCUT2D eigenvalue weighted by atomic mass is 127. The smallest absolute Gasteiger partial charge is 0.262 e. The van der Waals surface area contributed by atoms with Crippen LogP contribution < -0.4 is 33.4 Å². The summed E-state index contributed by atoms with van der Waals surface area (Å²) in [7, 11) is 4.32. The van der Waals surface area contributed by atoms with Gasteiger partial charge in [0.2, 0.25) is 5.52 Å². The molecule has 170 valence electrons. The number of thioether (sulfide) groups is 1. The zero-order valence-corrected chi connectivity index (χ0v) is 23.3. The average Bonchev–Trinajstić information content (AvgIpc) is 3.24. The summed E-state index contributed by atoms with van der Waals surface area (Å²) < 4.78 is 3.60. The van der Waals surface area contributed by atoms with Crippen molar-refractivity contribution in [2.45, 2.75) is 31.6 Å². The lowest BCUT2D eigenvalue weighted by Gasteiger charge is -2.30. The van der Waals surface area contributed by atoms with E-state index >= 15 is 0 Å². The van der Waals surface area contributed by atoms with Gasteiger partial charge in [0.1, 0.15) is 11.7 Å². The Morgan fingerprint density at radius 1 is 1.03 bits per heavy atom. The Kier molecular flexibility index (Phi) is 7.22. The van der Waals surface area contributed by atoms with Crippen molar-refractivity contribution in [1.29, 1.82) is 0 Å². The molecule has 1 aromatic heterocycles. The van der Waals surface area contributed by atoms with E-state index in [1.165, 1.54) is 42.0 Å². The highest BCUT2D eigenvalue weighted by molar-refractivity contribution is 8.03. The maximum Gasteiger partial charge on any atom is 0.262 e. The zero-order valence-electron chi connectivity index (χ0n) is 19.5. The molecule has 1 aliphatic heterocycles. The van der Waals surface area contributed by atoms with E-state index in [0.29, 0.717) is 0 Å². The maximum absolute atomic E-state index is 2.39. The molecule has 0 atom stereocenters. The van der Waals surface area contributed by atoms with Gasteiger partial charge in [-0.1, -0.05) is 79.4 Å². The molecule has 0 N–H and O–H groups in total. The lowest BCUT2D eigenvalue weighted by atomic mass is 9.75. The van der Waals surface area contributed by atoms with Crippen LogP contribution in [0.5, 0.6) is 0 Å². The zero-order chi connectivity index (χ0) is 22.3. The summed E-state index contributed by atoms with van der Waals surface area (Å²) in [4.78, 5) is 3.65. The molecule has 0 saturated carbocycles. The molecule has 2 heterocycles. The highest BCUT2D eigenvalue weighted by Gasteiger charge is 2.27. The lowest BCUT2D eigenvalue weighted by Crippen LogP contribution is -3.00. The van der Waals surface area contributed by atoms with Crippen LogP contribution in [0.1, 0.15) is 31.7 Å². The van der Waals surface area contributed by atoms with Gasteiger partial charge in [0.25, 0.3) is 5.01 Å². The lowest BCUT2D eigenvalue weighted by molar-refractivity contribution is -0.642. The van der Waals surface area contributed by atoms with E-state index in [0.717, 1.165) is 12.8 Å². The fourth-order valence-corrected chi connectivity index (χ4v) is 6.82. The third-order valence-electron chi connectivity index (χ3n) is 6.14. The molecule has 0 spiro atoms. The Morgan fingerprint density at radius 2 is 1.79 bits per heavy atom. The molecular formula is C28H29IN2S2. The van der Waals surface area contributed by atoms with Crippen LogP contribution in [-0.2, 0) is 7.05 Å². The van der Waals surface area contributed by atoms with E-state index < -0.39 is 0 Å². The first-order valence-corrected chi connectivity index (χ1v) is 12.7. The summed E-state index contributed by atoms with van der Waals surface area (Å²) in [6, 6.07) is 17.2. The maximum atomic E-state index is 2.39. The van der Waals surface area contributed by atoms with Gasteiger partial charge in [0.15, 0.2) is 0 Å². The molecule has 5 rings (SSSR count). The number of aryl methyl sites for hydroxylation is 1. The molecule has 3 aromatic rings. The second-order valence-corrected chi connectivity index (χ2v) is 11.5. The van der Waals surface area contributed by atoms with Gasteiger partial charge in [0.05, 0.1) is 10.7 Å². The largest absolute Gasteiger partial charge is 1.00 e. The number of anilines is 1. The first kappa shape index (κ1) is 24.3. The molecule has 0 bridgehead atoms. The minimum Gasteiger partial charge on any atom is -1.00 e. The van der Waals surface area contributed by atoms with E-state index in [9.17, 15) is 0 Å². The Bertz CT molecular complexity index is 1310. The van der Waals surface area contributed by atoms with Gasteiger partial charge in [0, 0.05) is 24.1 Å². The highest BCUT2D eigenvalue weighted by Crippen LogP contribution is 2.46. The van der Waals surface area contributed by atoms with Crippen molar-refractivity contribution in [1.82, 2.24) is 0 Å². The number of allylic oxidation sites excluding steroid dienone is 6. The molecule has 0 radical (unpaired) electrons. The van der Waals surface area contributed by atoms with Gasteiger partial charge < -0.3 is 28.9 Å². The minimum absolute atomic E-state index is 0. The topological polar surface area (TPSA) is 7.12 Å². The molecular weight excluding hydrogens is 555 g/mol. The Labute approximate surface area is 222 Å². The van der Waals surface area contributed by atoms with Crippen LogP contribution in [0.25, 0.3) is 16.3 Å². The van der Waals surface area contributed by atoms with Gasteiger partial charge in [-0.25, -0.2) is 0 Å². The predicted octanol–water partition coefficient (Wildman–Crippen LogP) is 4.50. The number of aromatic nitrogens is 1. The summed E-state index contributed by atoms with van der Waals surface area (Å²) in [6.45, 7) is 4.75. The first-order valence-electron chi connectivity index (χ1n) is 11.1. The summed E-state index contributed by atoms with van der Waals surface area (Å²) in [5, 5.41) is 2.58. The van der Waals surface area contributed by atoms with Crippen molar-refractivity contribution in [3.8, 4) is 0 Å². The third kappa shape index (κ3) is 5.15. The van der Waals surface area contributed by atoms with Gasteiger partial charge >= 0.3 is 0 Å². The molecule has 2 aromatic carbocycles. The number of rotatable bonds is 3. The number of halogens is 1. The molecule has 0 saturated heterocycles. The summed E-state index contributed by atoms with van der Waals surface area (Å²) in [5.74, 6) is 0. The average molecular weight is 585 g/mol. The number of nitrogens with zero attached hydrogens (tertiary/aromatic N) is 2. The van der Waals surface area contributed by atoms with Crippen LogP contribution in [0.4, 0.5) is 5.69 Å². The van der Waals surface area contributed by atoms with Crippen LogP contribution in [0, 0.1) is 5.41 Å². The van der Waals surface area contributed by atoms with Gasteiger partial charge in [-0.05, 0) is 53.7 Å². The van der Waals surface area contributed by atoms with Crippen LogP contribution in [-0.4, -0.2) is 7.05 Å². The van der Waals surface area contributed by atoms with Gasteiger partial charge in [-0.15, -0.1) is 0 Å². The summed E-state index contributed by atoms with van der Waals surface area (Å²) in [5.41, 5.74) is 5.66. The number of thiazole rings is 1. The van der Waals surface area contributed by atoms with Crippen LogP contribution >= 0.6 is 23.1 Å². The van der Waals surface area contributed by atoms with E-state index in [1.54, 1.807) is 0 Å². The predicted molar refractivity (Wildman–Crippen MR) is 140 cm³/mol. The number of benzene rings is 2. The summed E-state index contributed by atoms with van der Waals surface area (Å²) >= 11 is 3.71. The molecule has 0 unspecified atom stereocenters. The molecule has 33 heavy (non-hydrogen) atoms. The Hall–Kier alpha value is -1.83. The number of fused-ring (bicyclic) bond motifs is 2. The fourth-order valence-electron chi connectivity index (χ4n) is 4.63. The van der Waals surface area contributed by atoms with E-state index in [2.05, 4.69) is 116 Å². The Balaban J connectivity index is 0.00000259. The van der Waals surface area contributed by atoms with Crippen molar-refractivity contribution in [2.24, 2.45) is 12.5 Å². The molecule has 1 aliphatic carbocycles. The van der Waals surface area contributed by atoms with Crippen molar-refractivity contribution in [3.63, 3.8) is 0 Å². The first-order chi connectivity index (χ1) is 15.4. The molecule has 0 fully saturated rings. The van der Waals surface area contributed by atoms with Gasteiger partial charge in [-0.3, -0.25) is 0 Å². The van der Waals surface area contributed by atoms with E-state index in [1.807, 2.05) is 23.1 Å². The van der Waals surface area contributed by atoms with E-state index in [4.69, 9.17) is 0 Å². The SMILES string of the molecule is CN1C(=CC2=CC(=CC=Cc3sc4ccccc4[n+]3C)CC(C)(C)C2)Sc2ccccc21.[I-]. The van der Waals surface area contributed by atoms with Crippen LogP contribution in [0.3, 0.4) is 0 Å². The molecule has 0 amide bonds. The number of hydrogen-bond acceptors (Lipinski definition) is 3. The third-order valence-corrected chi connectivity index (χ3v) is 8.49. The fraction of sp³-hybridized carbons (Fsp3) is 0.250. The Morgan fingerprint density at radius 3 is 2.58 bits per heavy atom. The molecule has 2 nitrogen and oxygen atoms in total. The van der Waals surface area contributed by atoms with Crippen LogP contribution in [0.2, 0.25) is 0 Å². The monoisotopic (exact) mass is 584 g/mol. The van der Waals surface area contributed by atoms with Gasteiger partial charge in [-0.2, -0.15) is 4.57 Å². The summed E-state index contributed by atoms with van der Waals surface area (Å²) in [6.07, 6.45) is 13.7. The minimum atomic E-state index is 0. The number of hydrogen-bond donors (Lipinski definition) is 0. The second kappa shape index (κ2) is 9.80. The van der Waals surface area contributed by atoms with E-state index in [-0.39, 0.29) is 29.4 Å². The van der Waals surface area contributed by atoms with Crippen molar-refractivity contribution in [2.75, 3.05) is 11.9 Å². The van der Waals surface area contributed by atoms with Crippen molar-refractivity contribution < 1.29 is 28.5 Å².